The number of amidine groups is 1. The molecule has 2 fully saturated rings. The van der Waals surface area contributed by atoms with E-state index < -0.39 is 12.4 Å². The van der Waals surface area contributed by atoms with Crippen molar-refractivity contribution in [1.82, 2.24) is 20.1 Å². The number of alkyl halides is 3. The number of aryl methyl sites for hydroxylation is 2. The van der Waals surface area contributed by atoms with E-state index in [4.69, 9.17) is 0 Å². The summed E-state index contributed by atoms with van der Waals surface area (Å²) >= 11 is 1.26. The maximum Gasteiger partial charge on any atom is 0.573 e. The molecule has 44 heavy (non-hydrogen) atoms. The number of carbonyl (C=O) groups excluding carboxylic acids is 2. The third kappa shape index (κ3) is 6.47. The normalized spacial score (nSPS) is 19.0. The van der Waals surface area contributed by atoms with Crippen LogP contribution in [0.1, 0.15) is 36.0 Å². The molecule has 6 rings (SSSR count). The fraction of sp³-hybridized carbons (Fsp3) is 0.258. The predicted molar refractivity (Wildman–Crippen MR) is 161 cm³/mol. The number of rotatable bonds is 7. The van der Waals surface area contributed by atoms with Crippen molar-refractivity contribution in [1.29, 1.82) is 0 Å². The summed E-state index contributed by atoms with van der Waals surface area (Å²) in [5.74, 6) is 0.406. The first-order valence-electron chi connectivity index (χ1n) is 13.9. The SMILES string of the molecule is CCc1ccc(C)cc1N1C(=O)CS/C1=N\C(=O)NC1CC1c1ccc(-c2ncn(-c3ccc(OC(F)(F)F)cc3)n2)cc1. The third-order valence-electron chi connectivity index (χ3n) is 7.35. The molecule has 1 aromatic heterocycles. The number of thioether (sulfide) groups is 1. The minimum Gasteiger partial charge on any atom is -0.406 e. The number of amides is 3. The highest BCUT2D eigenvalue weighted by Crippen LogP contribution is 2.41. The van der Waals surface area contributed by atoms with Crippen LogP contribution in [0.5, 0.6) is 5.75 Å². The molecule has 0 bridgehead atoms. The van der Waals surface area contributed by atoms with Crippen molar-refractivity contribution < 1.29 is 27.5 Å². The summed E-state index contributed by atoms with van der Waals surface area (Å²) in [7, 11) is 0. The van der Waals surface area contributed by atoms with Crippen LogP contribution in [0, 0.1) is 6.92 Å². The Hall–Kier alpha value is -4.65. The molecule has 4 aromatic rings. The number of hydrogen-bond acceptors (Lipinski definition) is 6. The van der Waals surface area contributed by atoms with Gasteiger partial charge in [0.1, 0.15) is 12.1 Å². The molecule has 3 amide bonds. The van der Waals surface area contributed by atoms with Gasteiger partial charge in [0.2, 0.25) is 5.91 Å². The molecule has 9 nitrogen and oxygen atoms in total. The largest absolute Gasteiger partial charge is 0.573 e. The van der Waals surface area contributed by atoms with Crippen molar-refractivity contribution in [3.8, 4) is 22.8 Å². The van der Waals surface area contributed by atoms with Crippen molar-refractivity contribution >= 4 is 34.6 Å². The maximum absolute atomic E-state index is 12.8. The Morgan fingerprint density at radius 2 is 1.86 bits per heavy atom. The van der Waals surface area contributed by atoms with E-state index >= 15 is 0 Å². The molecule has 1 saturated carbocycles. The van der Waals surface area contributed by atoms with E-state index in [1.807, 2.05) is 56.3 Å². The molecule has 0 radical (unpaired) electrons. The first-order chi connectivity index (χ1) is 21.1. The molecule has 226 valence electrons. The molecule has 3 aromatic carbocycles. The lowest BCUT2D eigenvalue weighted by Crippen LogP contribution is -2.32. The fourth-order valence-electron chi connectivity index (χ4n) is 5.06. The van der Waals surface area contributed by atoms with Crippen LogP contribution in [0.3, 0.4) is 0 Å². The van der Waals surface area contributed by atoms with Crippen molar-refractivity contribution in [2.24, 2.45) is 4.99 Å². The lowest BCUT2D eigenvalue weighted by Gasteiger charge is -2.20. The number of benzene rings is 3. The number of nitrogens with one attached hydrogen (secondary N) is 1. The molecule has 0 spiro atoms. The van der Waals surface area contributed by atoms with Crippen LogP contribution in [0.2, 0.25) is 0 Å². The molecule has 2 atom stereocenters. The van der Waals surface area contributed by atoms with E-state index in [0.29, 0.717) is 16.7 Å². The van der Waals surface area contributed by atoms with Gasteiger partial charge >= 0.3 is 12.4 Å². The van der Waals surface area contributed by atoms with Gasteiger partial charge in [0.05, 0.1) is 17.1 Å². The summed E-state index contributed by atoms with van der Waals surface area (Å²) in [6, 6.07) is 18.4. The second kappa shape index (κ2) is 11.8. The predicted octanol–water partition coefficient (Wildman–Crippen LogP) is 6.41. The number of anilines is 1. The third-order valence-corrected chi connectivity index (χ3v) is 8.27. The van der Waals surface area contributed by atoms with E-state index in [-0.39, 0.29) is 29.4 Å². The van der Waals surface area contributed by atoms with Crippen LogP contribution in [0.4, 0.5) is 23.7 Å². The summed E-state index contributed by atoms with van der Waals surface area (Å²) < 4.78 is 42.6. The van der Waals surface area contributed by atoms with E-state index in [1.54, 1.807) is 4.90 Å². The number of carbonyl (C=O) groups is 2. The Kier molecular flexibility index (Phi) is 7.89. The van der Waals surface area contributed by atoms with Crippen molar-refractivity contribution in [2.75, 3.05) is 10.7 Å². The Labute approximate surface area is 255 Å². The molecular weight excluding hydrogens is 593 g/mol. The number of aliphatic imine (C=N–C) groups is 1. The van der Waals surface area contributed by atoms with Crippen molar-refractivity contribution in [3.05, 3.63) is 89.7 Å². The second-order valence-corrected chi connectivity index (χ2v) is 11.4. The Morgan fingerprint density at radius 1 is 1.11 bits per heavy atom. The summed E-state index contributed by atoms with van der Waals surface area (Å²) in [4.78, 5) is 35.7. The van der Waals surface area contributed by atoms with E-state index in [0.717, 1.165) is 40.8 Å². The number of ether oxygens (including phenoxy) is 1. The van der Waals surface area contributed by atoms with Gasteiger partial charge in [0, 0.05) is 17.5 Å². The average molecular weight is 621 g/mol. The van der Waals surface area contributed by atoms with Crippen LogP contribution in [-0.4, -0.2) is 50.0 Å². The Morgan fingerprint density at radius 3 is 2.57 bits per heavy atom. The van der Waals surface area contributed by atoms with E-state index in [9.17, 15) is 22.8 Å². The minimum absolute atomic E-state index is 0.0694. The molecule has 1 aliphatic heterocycles. The maximum atomic E-state index is 12.8. The zero-order valence-corrected chi connectivity index (χ0v) is 24.5. The summed E-state index contributed by atoms with van der Waals surface area (Å²) in [6.45, 7) is 3.99. The first kappa shape index (κ1) is 29.4. The van der Waals surface area contributed by atoms with Gasteiger partial charge in [-0.25, -0.2) is 14.5 Å². The van der Waals surface area contributed by atoms with Crippen molar-refractivity contribution in [2.45, 2.75) is 45.0 Å². The number of halogens is 3. The molecule has 2 heterocycles. The number of nitrogens with zero attached hydrogens (tertiary/aromatic N) is 5. The summed E-state index contributed by atoms with van der Waals surface area (Å²) in [5.41, 5.74) is 5.15. The van der Waals surface area contributed by atoms with Gasteiger partial charge in [-0.1, -0.05) is 55.1 Å². The highest BCUT2D eigenvalue weighted by Gasteiger charge is 2.40. The van der Waals surface area contributed by atoms with Crippen LogP contribution in [0.25, 0.3) is 17.1 Å². The highest BCUT2D eigenvalue weighted by atomic mass is 32.2. The zero-order valence-electron chi connectivity index (χ0n) is 23.7. The van der Waals surface area contributed by atoms with Crippen LogP contribution >= 0.6 is 11.8 Å². The number of aromatic nitrogens is 3. The Bertz CT molecular complexity index is 1740. The monoisotopic (exact) mass is 620 g/mol. The lowest BCUT2D eigenvalue weighted by atomic mass is 10.1. The topological polar surface area (TPSA) is 102 Å². The molecule has 2 unspecified atom stereocenters. The van der Waals surface area contributed by atoms with Gasteiger partial charge in [-0.3, -0.25) is 9.69 Å². The number of urea groups is 1. The van der Waals surface area contributed by atoms with Gasteiger partial charge in [0.15, 0.2) is 11.0 Å². The molecule has 2 aliphatic rings. The summed E-state index contributed by atoms with van der Waals surface area (Å²) in [6.07, 6.45) is -1.75. The van der Waals surface area contributed by atoms with Crippen LogP contribution < -0.4 is 15.0 Å². The lowest BCUT2D eigenvalue weighted by molar-refractivity contribution is -0.274. The highest BCUT2D eigenvalue weighted by molar-refractivity contribution is 8.15. The molecular formula is C31H27F3N6O3S. The standard InChI is InChI=1S/C31H27F3N6O3S/c1-3-19-5-4-18(2)14-26(19)40-27(41)16-44-30(40)37-29(42)36-25-15-24(25)20-6-8-21(9-7-20)28-35-17-39(38-28)22-10-12-23(13-11-22)43-31(32,33)34/h4-14,17,24-25H,3,15-16H2,1-2H3,(H,36,42)/b37-30-. The van der Waals surface area contributed by atoms with Gasteiger partial charge in [-0.2, -0.15) is 4.99 Å². The van der Waals surface area contributed by atoms with Crippen molar-refractivity contribution in [3.63, 3.8) is 0 Å². The van der Waals surface area contributed by atoms with Gasteiger partial charge in [-0.15, -0.1) is 18.3 Å². The van der Waals surface area contributed by atoms with Gasteiger partial charge in [-0.05, 0) is 66.8 Å². The van der Waals surface area contributed by atoms with Crippen LogP contribution in [0.15, 0.2) is 78.0 Å². The molecule has 13 heteroatoms. The Balaban J connectivity index is 1.08. The van der Waals surface area contributed by atoms with Gasteiger partial charge in [0.25, 0.3) is 0 Å². The fourth-order valence-corrected chi connectivity index (χ4v) is 5.92. The smallest absolute Gasteiger partial charge is 0.406 e. The second-order valence-electron chi connectivity index (χ2n) is 10.5. The average Bonchev–Trinajstić information content (AvgIpc) is 3.39. The zero-order chi connectivity index (χ0) is 31.0. The molecule has 1 N–H and O–H groups in total. The van der Waals surface area contributed by atoms with E-state index in [1.165, 1.54) is 47.0 Å². The number of hydrogen-bond donors (Lipinski definition) is 1. The summed E-state index contributed by atoms with van der Waals surface area (Å²) in [5, 5.41) is 7.78. The minimum atomic E-state index is -4.76. The first-order valence-corrected chi connectivity index (χ1v) is 14.9. The quantitative estimate of drug-likeness (QED) is 0.257. The molecule has 1 saturated heterocycles. The molecule has 1 aliphatic carbocycles. The van der Waals surface area contributed by atoms with Crippen LogP contribution in [-0.2, 0) is 11.2 Å². The van der Waals surface area contributed by atoms with Gasteiger partial charge < -0.3 is 10.1 Å². The van der Waals surface area contributed by atoms with E-state index in [2.05, 4.69) is 25.1 Å².